The van der Waals surface area contributed by atoms with Gasteiger partial charge in [0, 0.05) is 30.7 Å². The molecule has 3 atom stereocenters. The van der Waals surface area contributed by atoms with Gasteiger partial charge in [-0.05, 0) is 52.6 Å². The van der Waals surface area contributed by atoms with Crippen molar-refractivity contribution < 1.29 is 4.74 Å². The molecule has 0 aromatic heterocycles. The van der Waals surface area contributed by atoms with Gasteiger partial charge in [0.1, 0.15) is 0 Å². The molecule has 1 spiro atoms. The van der Waals surface area contributed by atoms with Gasteiger partial charge in [0.05, 0.1) is 6.10 Å². The molecule has 0 saturated heterocycles. The molecule has 2 aliphatic rings. The highest BCUT2D eigenvalue weighted by Gasteiger charge is 2.56. The predicted octanol–water partition coefficient (Wildman–Crippen LogP) is 3.29. The summed E-state index contributed by atoms with van der Waals surface area (Å²) in [7, 11) is 4.42. The number of rotatable bonds is 8. The number of ether oxygens (including phenoxy) is 1. The van der Waals surface area contributed by atoms with Crippen molar-refractivity contribution in [3.8, 4) is 0 Å². The maximum absolute atomic E-state index is 6.01. The van der Waals surface area contributed by atoms with Crippen LogP contribution in [0.15, 0.2) is 0 Å². The molecule has 2 saturated carbocycles. The van der Waals surface area contributed by atoms with E-state index in [1.165, 1.54) is 38.5 Å². The van der Waals surface area contributed by atoms with Gasteiger partial charge in [0.2, 0.25) is 0 Å². The van der Waals surface area contributed by atoms with Gasteiger partial charge < -0.3 is 15.0 Å². The minimum absolute atomic E-state index is 0.463. The molecule has 2 rings (SSSR count). The average molecular weight is 296 g/mol. The second-order valence-electron chi connectivity index (χ2n) is 7.83. The summed E-state index contributed by atoms with van der Waals surface area (Å²) >= 11 is 0. The van der Waals surface area contributed by atoms with Crippen molar-refractivity contribution in [3.63, 3.8) is 0 Å². The number of nitrogens with one attached hydrogen (secondary N) is 1. The van der Waals surface area contributed by atoms with E-state index in [-0.39, 0.29) is 0 Å². The van der Waals surface area contributed by atoms with E-state index in [1.807, 2.05) is 0 Å². The fourth-order valence-electron chi connectivity index (χ4n) is 4.47. The van der Waals surface area contributed by atoms with Crippen LogP contribution in [-0.4, -0.2) is 50.3 Å². The van der Waals surface area contributed by atoms with E-state index in [4.69, 9.17) is 4.74 Å². The highest BCUT2D eigenvalue weighted by atomic mass is 16.5. The molecule has 0 aromatic carbocycles. The molecule has 0 heterocycles. The van der Waals surface area contributed by atoms with Crippen LogP contribution in [0.5, 0.6) is 0 Å². The normalized spacial score (nSPS) is 29.3. The summed E-state index contributed by atoms with van der Waals surface area (Å²) in [5.41, 5.74) is 0.463. The minimum Gasteiger partial charge on any atom is -0.378 e. The second-order valence-corrected chi connectivity index (χ2v) is 7.83. The molecule has 0 radical (unpaired) electrons. The largest absolute Gasteiger partial charge is 0.378 e. The molecular formula is C18H36N2O. The molecule has 3 nitrogen and oxygen atoms in total. The Morgan fingerprint density at radius 2 is 1.90 bits per heavy atom. The van der Waals surface area contributed by atoms with E-state index in [2.05, 4.69) is 45.1 Å². The lowest BCUT2D eigenvalue weighted by Gasteiger charge is -2.54. The maximum Gasteiger partial charge on any atom is 0.0661 e. The van der Waals surface area contributed by atoms with Crippen LogP contribution in [0.4, 0.5) is 0 Å². The summed E-state index contributed by atoms with van der Waals surface area (Å²) in [6, 6.07) is 1.33. The zero-order valence-electron chi connectivity index (χ0n) is 14.8. The highest BCUT2D eigenvalue weighted by molar-refractivity contribution is 5.10. The Kier molecular flexibility index (Phi) is 6.10. The van der Waals surface area contributed by atoms with E-state index < -0.39 is 0 Å². The van der Waals surface area contributed by atoms with Crippen molar-refractivity contribution in [2.75, 3.05) is 27.2 Å². The first kappa shape index (κ1) is 17.2. The fraction of sp³-hybridized carbons (Fsp3) is 1.00. The summed E-state index contributed by atoms with van der Waals surface area (Å²) in [5, 5.41) is 3.91. The molecule has 21 heavy (non-hydrogen) atoms. The van der Waals surface area contributed by atoms with Gasteiger partial charge >= 0.3 is 0 Å². The molecular weight excluding hydrogens is 260 g/mol. The number of hydrogen-bond acceptors (Lipinski definition) is 3. The van der Waals surface area contributed by atoms with Crippen LogP contribution in [0.25, 0.3) is 0 Å². The van der Waals surface area contributed by atoms with Crippen molar-refractivity contribution in [1.29, 1.82) is 0 Å². The van der Waals surface area contributed by atoms with Crippen LogP contribution in [0.1, 0.15) is 59.3 Å². The van der Waals surface area contributed by atoms with Crippen molar-refractivity contribution in [2.45, 2.75) is 77.5 Å². The Balaban J connectivity index is 1.87. The summed E-state index contributed by atoms with van der Waals surface area (Å²) < 4.78 is 6.01. The smallest absolute Gasteiger partial charge is 0.0661 e. The van der Waals surface area contributed by atoms with Crippen LogP contribution in [0.2, 0.25) is 0 Å². The minimum atomic E-state index is 0.463. The molecule has 2 aliphatic carbocycles. The summed E-state index contributed by atoms with van der Waals surface area (Å²) in [6.45, 7) is 8.77. The van der Waals surface area contributed by atoms with Gasteiger partial charge in [-0.3, -0.25) is 0 Å². The number of likely N-dealkylation sites (N-methyl/N-ethyl adjacent to an activating group) is 1. The summed E-state index contributed by atoms with van der Waals surface area (Å²) in [6.07, 6.45) is 8.53. The lowest BCUT2D eigenvalue weighted by Crippen LogP contribution is -2.63. The lowest BCUT2D eigenvalue weighted by atomic mass is 9.60. The van der Waals surface area contributed by atoms with Crippen molar-refractivity contribution in [1.82, 2.24) is 10.2 Å². The molecule has 0 aliphatic heterocycles. The second kappa shape index (κ2) is 7.43. The number of hydrogen-bond donors (Lipinski definition) is 1. The van der Waals surface area contributed by atoms with Gasteiger partial charge in [0.15, 0.2) is 0 Å². The summed E-state index contributed by atoms with van der Waals surface area (Å²) in [5.74, 6) is 0.761. The van der Waals surface area contributed by atoms with Gasteiger partial charge in [-0.2, -0.15) is 0 Å². The van der Waals surface area contributed by atoms with Crippen molar-refractivity contribution in [2.24, 2.45) is 11.3 Å². The van der Waals surface area contributed by atoms with Crippen molar-refractivity contribution in [3.05, 3.63) is 0 Å². The third-order valence-corrected chi connectivity index (χ3v) is 5.76. The highest BCUT2D eigenvalue weighted by Crippen LogP contribution is 2.54. The zero-order chi connectivity index (χ0) is 15.5. The molecule has 0 amide bonds. The van der Waals surface area contributed by atoms with Gasteiger partial charge in [-0.15, -0.1) is 0 Å². The average Bonchev–Trinajstić information content (AvgIpc) is 2.92. The van der Waals surface area contributed by atoms with Crippen LogP contribution in [0, 0.1) is 11.3 Å². The fourth-order valence-corrected chi connectivity index (χ4v) is 4.47. The first-order valence-electron chi connectivity index (χ1n) is 9.01. The Morgan fingerprint density at radius 3 is 2.43 bits per heavy atom. The molecule has 1 N–H and O–H groups in total. The topological polar surface area (TPSA) is 24.5 Å². The molecule has 3 unspecified atom stereocenters. The van der Waals surface area contributed by atoms with Crippen LogP contribution in [-0.2, 0) is 4.74 Å². The van der Waals surface area contributed by atoms with Crippen molar-refractivity contribution >= 4 is 0 Å². The van der Waals surface area contributed by atoms with Gasteiger partial charge in [-0.25, -0.2) is 0 Å². The third-order valence-electron chi connectivity index (χ3n) is 5.76. The first-order chi connectivity index (χ1) is 9.99. The van der Waals surface area contributed by atoms with E-state index in [0.29, 0.717) is 23.6 Å². The predicted molar refractivity (Wildman–Crippen MR) is 89.7 cm³/mol. The van der Waals surface area contributed by atoms with E-state index in [0.717, 1.165) is 19.1 Å². The van der Waals surface area contributed by atoms with E-state index in [1.54, 1.807) is 0 Å². The summed E-state index contributed by atoms with van der Waals surface area (Å²) in [4.78, 5) is 2.38. The van der Waals surface area contributed by atoms with Gasteiger partial charge in [0.25, 0.3) is 0 Å². The molecule has 0 bridgehead atoms. The van der Waals surface area contributed by atoms with Gasteiger partial charge in [-0.1, -0.05) is 26.7 Å². The zero-order valence-corrected chi connectivity index (χ0v) is 14.8. The third kappa shape index (κ3) is 3.80. The molecule has 0 aromatic rings. The van der Waals surface area contributed by atoms with Crippen LogP contribution in [0.3, 0.4) is 0 Å². The van der Waals surface area contributed by atoms with Crippen LogP contribution < -0.4 is 5.32 Å². The lowest BCUT2D eigenvalue weighted by molar-refractivity contribution is -0.131. The Labute approximate surface area is 131 Å². The SMILES string of the molecule is CCOC1CC(NCC(CC(C)C)N(C)C)C12CCCC2. The Hall–Kier alpha value is -0.120. The standard InChI is InChI=1S/C18H36N2O/c1-6-21-17-12-16(18(17)9-7-8-10-18)19-13-15(20(4)5)11-14(2)3/h14-17,19H,6-13H2,1-5H3. The van der Waals surface area contributed by atoms with Crippen LogP contribution >= 0.6 is 0 Å². The number of nitrogens with zero attached hydrogens (tertiary/aromatic N) is 1. The molecule has 2 fully saturated rings. The maximum atomic E-state index is 6.01. The van der Waals surface area contributed by atoms with E-state index in [9.17, 15) is 0 Å². The molecule has 124 valence electrons. The Bertz CT molecular complexity index is 310. The van der Waals surface area contributed by atoms with E-state index >= 15 is 0 Å². The molecule has 3 heteroatoms. The monoisotopic (exact) mass is 296 g/mol. The quantitative estimate of drug-likeness (QED) is 0.744. The Morgan fingerprint density at radius 1 is 1.24 bits per heavy atom. The first-order valence-corrected chi connectivity index (χ1v) is 9.01.